The molecule has 84 valence electrons. The van der Waals surface area contributed by atoms with Crippen LogP contribution in [0.2, 0.25) is 5.02 Å². The van der Waals surface area contributed by atoms with Gasteiger partial charge in [0.05, 0.1) is 6.54 Å². The van der Waals surface area contributed by atoms with E-state index in [-0.39, 0.29) is 24.9 Å². The molecule has 0 bridgehead atoms. The van der Waals surface area contributed by atoms with E-state index in [2.05, 4.69) is 5.32 Å². The Kier molecular flexibility index (Phi) is 6.32. The molecule has 15 heavy (non-hydrogen) atoms. The summed E-state index contributed by atoms with van der Waals surface area (Å²) in [6.45, 7) is 2.44. The molecule has 3 nitrogen and oxygen atoms in total. The molecule has 5 heteroatoms. The van der Waals surface area contributed by atoms with Crippen LogP contribution in [0.15, 0.2) is 18.2 Å². The lowest BCUT2D eigenvalue weighted by molar-refractivity contribution is -0.119. The molecule has 0 aliphatic heterocycles. The summed E-state index contributed by atoms with van der Waals surface area (Å²) in [5.74, 6) is -0.155. The van der Waals surface area contributed by atoms with Gasteiger partial charge >= 0.3 is 0 Å². The fourth-order valence-corrected chi connectivity index (χ4v) is 1.21. The van der Waals surface area contributed by atoms with Gasteiger partial charge < -0.3 is 11.1 Å². The van der Waals surface area contributed by atoms with Crippen LogP contribution in [-0.2, 0) is 11.3 Å². The molecule has 0 fully saturated rings. The number of amides is 1. The number of hydrogen-bond donors (Lipinski definition) is 2. The van der Waals surface area contributed by atoms with Crippen molar-refractivity contribution in [2.75, 3.05) is 6.54 Å². The first-order valence-corrected chi connectivity index (χ1v) is 4.73. The van der Waals surface area contributed by atoms with Crippen molar-refractivity contribution in [3.8, 4) is 0 Å². The Morgan fingerprint density at radius 1 is 1.53 bits per heavy atom. The van der Waals surface area contributed by atoms with Crippen LogP contribution in [0.25, 0.3) is 0 Å². The minimum Gasteiger partial charge on any atom is -0.351 e. The van der Waals surface area contributed by atoms with Gasteiger partial charge in [-0.05, 0) is 24.1 Å². The van der Waals surface area contributed by atoms with Crippen LogP contribution in [0, 0.1) is 6.92 Å². The molecule has 1 aromatic carbocycles. The highest BCUT2D eigenvalue weighted by atomic mass is 35.5. The first-order chi connectivity index (χ1) is 6.63. The van der Waals surface area contributed by atoms with Crippen molar-refractivity contribution in [3.63, 3.8) is 0 Å². The van der Waals surface area contributed by atoms with Crippen molar-refractivity contribution in [2.45, 2.75) is 13.5 Å². The number of rotatable bonds is 3. The van der Waals surface area contributed by atoms with E-state index in [0.717, 1.165) is 16.1 Å². The Morgan fingerprint density at radius 3 is 2.73 bits per heavy atom. The van der Waals surface area contributed by atoms with Crippen LogP contribution in [0.4, 0.5) is 0 Å². The lowest BCUT2D eigenvalue weighted by Gasteiger charge is -2.05. The molecule has 0 unspecified atom stereocenters. The molecule has 0 atom stereocenters. The summed E-state index contributed by atoms with van der Waals surface area (Å²) in [7, 11) is 0. The van der Waals surface area contributed by atoms with E-state index in [4.69, 9.17) is 17.3 Å². The van der Waals surface area contributed by atoms with Crippen LogP contribution in [0.3, 0.4) is 0 Å². The highest BCUT2D eigenvalue weighted by molar-refractivity contribution is 6.31. The Bertz CT molecular complexity index is 342. The standard InChI is InChI=1S/C10H13ClN2O.ClH/c1-7-4-8(2-3-9(7)11)6-13-10(14)5-12;/h2-4H,5-6,12H2,1H3,(H,13,14);1H. The maximum atomic E-state index is 10.9. The van der Waals surface area contributed by atoms with Gasteiger partial charge in [0, 0.05) is 11.6 Å². The normalized spacial score (nSPS) is 9.27. The minimum absolute atomic E-state index is 0. The predicted octanol–water partition coefficient (Wildman–Crippen LogP) is 1.65. The summed E-state index contributed by atoms with van der Waals surface area (Å²) in [4.78, 5) is 10.9. The van der Waals surface area contributed by atoms with Gasteiger partial charge in [-0.2, -0.15) is 0 Å². The molecule has 3 N–H and O–H groups in total. The maximum Gasteiger partial charge on any atom is 0.234 e. The van der Waals surface area contributed by atoms with Gasteiger partial charge in [0.15, 0.2) is 0 Å². The van der Waals surface area contributed by atoms with Crippen molar-refractivity contribution in [2.24, 2.45) is 5.73 Å². The van der Waals surface area contributed by atoms with Crippen LogP contribution in [0.5, 0.6) is 0 Å². The second kappa shape index (κ2) is 6.67. The molecule has 0 aromatic heterocycles. The van der Waals surface area contributed by atoms with E-state index in [1.165, 1.54) is 0 Å². The van der Waals surface area contributed by atoms with Crippen molar-refractivity contribution < 1.29 is 4.79 Å². The average Bonchev–Trinajstić information content (AvgIpc) is 2.19. The van der Waals surface area contributed by atoms with Gasteiger partial charge in [-0.1, -0.05) is 23.7 Å². The molecule has 0 saturated heterocycles. The van der Waals surface area contributed by atoms with Crippen LogP contribution < -0.4 is 11.1 Å². The molecular formula is C10H14Cl2N2O. The highest BCUT2D eigenvalue weighted by Crippen LogP contribution is 2.15. The van der Waals surface area contributed by atoms with Gasteiger partial charge in [-0.25, -0.2) is 0 Å². The number of nitrogens with two attached hydrogens (primary N) is 1. The Hall–Kier alpha value is -0.770. The van der Waals surface area contributed by atoms with E-state index in [1.807, 2.05) is 25.1 Å². The summed E-state index contributed by atoms with van der Waals surface area (Å²) in [6, 6.07) is 5.64. The van der Waals surface area contributed by atoms with Crippen molar-refractivity contribution in [1.29, 1.82) is 0 Å². The third-order valence-electron chi connectivity index (χ3n) is 1.90. The highest BCUT2D eigenvalue weighted by Gasteiger charge is 1.99. The SMILES string of the molecule is Cc1cc(CNC(=O)CN)ccc1Cl.Cl. The summed E-state index contributed by atoms with van der Waals surface area (Å²) < 4.78 is 0. The Labute approximate surface area is 100 Å². The van der Waals surface area contributed by atoms with Crippen LogP contribution in [-0.4, -0.2) is 12.5 Å². The molecular weight excluding hydrogens is 235 g/mol. The zero-order valence-electron chi connectivity index (χ0n) is 8.42. The number of benzene rings is 1. The number of carbonyl (C=O) groups is 1. The third-order valence-corrected chi connectivity index (χ3v) is 2.32. The molecule has 0 aliphatic rings. The van der Waals surface area contributed by atoms with Gasteiger partial charge in [0.1, 0.15) is 0 Å². The monoisotopic (exact) mass is 248 g/mol. The van der Waals surface area contributed by atoms with Gasteiger partial charge in [-0.15, -0.1) is 12.4 Å². The molecule has 1 amide bonds. The van der Waals surface area contributed by atoms with E-state index in [0.29, 0.717) is 6.54 Å². The van der Waals surface area contributed by atoms with Gasteiger partial charge in [0.25, 0.3) is 0 Å². The first kappa shape index (κ1) is 14.2. The number of aryl methyl sites for hydroxylation is 1. The maximum absolute atomic E-state index is 10.9. The van der Waals surface area contributed by atoms with E-state index < -0.39 is 0 Å². The summed E-state index contributed by atoms with van der Waals surface area (Å²) in [5.41, 5.74) is 7.18. The average molecular weight is 249 g/mol. The van der Waals surface area contributed by atoms with E-state index >= 15 is 0 Å². The topological polar surface area (TPSA) is 55.1 Å². The second-order valence-corrected chi connectivity index (χ2v) is 3.47. The number of halogens is 2. The molecule has 0 heterocycles. The number of nitrogens with one attached hydrogen (secondary N) is 1. The van der Waals surface area contributed by atoms with Crippen molar-refractivity contribution in [1.82, 2.24) is 5.32 Å². The number of hydrogen-bond acceptors (Lipinski definition) is 2. The van der Waals surface area contributed by atoms with E-state index in [9.17, 15) is 4.79 Å². The molecule has 1 aromatic rings. The third kappa shape index (κ3) is 4.51. The van der Waals surface area contributed by atoms with Gasteiger partial charge in [-0.3, -0.25) is 4.79 Å². The molecule has 0 saturated carbocycles. The van der Waals surface area contributed by atoms with Crippen LogP contribution in [0.1, 0.15) is 11.1 Å². The minimum atomic E-state index is -0.155. The lowest BCUT2D eigenvalue weighted by Crippen LogP contribution is -2.29. The van der Waals surface area contributed by atoms with Gasteiger partial charge in [0.2, 0.25) is 5.91 Å². The van der Waals surface area contributed by atoms with Crippen molar-refractivity contribution >= 4 is 29.9 Å². The predicted molar refractivity (Wildman–Crippen MR) is 64.3 cm³/mol. The summed E-state index contributed by atoms with van der Waals surface area (Å²) in [5, 5.41) is 3.42. The van der Waals surface area contributed by atoms with Crippen LogP contribution >= 0.6 is 24.0 Å². The zero-order chi connectivity index (χ0) is 10.6. The zero-order valence-corrected chi connectivity index (χ0v) is 9.99. The molecule has 0 spiro atoms. The quantitative estimate of drug-likeness (QED) is 0.855. The largest absolute Gasteiger partial charge is 0.351 e. The summed E-state index contributed by atoms with van der Waals surface area (Å²) >= 11 is 5.86. The number of carbonyl (C=O) groups excluding carboxylic acids is 1. The summed E-state index contributed by atoms with van der Waals surface area (Å²) in [6.07, 6.45) is 0. The fraction of sp³-hybridized carbons (Fsp3) is 0.300. The van der Waals surface area contributed by atoms with E-state index in [1.54, 1.807) is 0 Å². The smallest absolute Gasteiger partial charge is 0.234 e. The Morgan fingerprint density at radius 2 is 2.20 bits per heavy atom. The van der Waals surface area contributed by atoms with Crippen molar-refractivity contribution in [3.05, 3.63) is 34.3 Å². The second-order valence-electron chi connectivity index (χ2n) is 3.06. The lowest BCUT2D eigenvalue weighted by atomic mass is 10.1. The fourth-order valence-electron chi connectivity index (χ4n) is 1.09. The molecule has 0 aliphatic carbocycles. The molecule has 0 radical (unpaired) electrons. The molecule has 1 rings (SSSR count). The Balaban J connectivity index is 0.00000196. The first-order valence-electron chi connectivity index (χ1n) is 4.35.